The van der Waals surface area contributed by atoms with Gasteiger partial charge in [0.15, 0.2) is 5.82 Å². The first-order valence-corrected chi connectivity index (χ1v) is 11.0. The lowest BCUT2D eigenvalue weighted by Gasteiger charge is -2.36. The molecule has 0 radical (unpaired) electrons. The van der Waals surface area contributed by atoms with Crippen LogP contribution in [0.4, 0.5) is 5.82 Å². The minimum Gasteiger partial charge on any atom is -0.352 e. The van der Waals surface area contributed by atoms with Gasteiger partial charge in [0, 0.05) is 37.7 Å². The third kappa shape index (κ3) is 5.14. The fourth-order valence-corrected chi connectivity index (χ4v) is 4.05. The fraction of sp³-hybridized carbons (Fsp3) is 0.542. The van der Waals surface area contributed by atoms with Crippen molar-refractivity contribution in [3.05, 3.63) is 41.5 Å². The number of carbonyl (C=O) groups excluding carboxylic acids is 1. The highest BCUT2D eigenvalue weighted by atomic mass is 16.2. The second-order valence-electron chi connectivity index (χ2n) is 8.16. The van der Waals surface area contributed by atoms with Gasteiger partial charge in [0.05, 0.1) is 5.69 Å². The Bertz CT molecular complexity index is 804. The number of nitrogens with zero attached hydrogens (tertiary/aromatic N) is 4. The van der Waals surface area contributed by atoms with Gasteiger partial charge in [0.25, 0.3) is 0 Å². The number of hydrogen-bond donors (Lipinski definition) is 0. The number of piperazine rings is 1. The van der Waals surface area contributed by atoms with Crippen molar-refractivity contribution >= 4 is 11.7 Å². The lowest BCUT2D eigenvalue weighted by atomic mass is 9.96. The quantitative estimate of drug-likeness (QED) is 0.687. The van der Waals surface area contributed by atoms with Gasteiger partial charge >= 0.3 is 0 Å². The summed E-state index contributed by atoms with van der Waals surface area (Å²) in [6, 6.07) is 10.5. The average Bonchev–Trinajstić information content (AvgIpc) is 2.75. The number of rotatable bonds is 7. The molecule has 1 aliphatic rings. The SMILES string of the molecule is CCCC(CCC)C(=O)N1CCN(c2ccc(-c3ccc(C)c(C)c3)nn2)CC1. The minimum absolute atomic E-state index is 0.189. The molecule has 156 valence electrons. The van der Waals surface area contributed by atoms with Gasteiger partial charge in [0.2, 0.25) is 5.91 Å². The predicted molar refractivity (Wildman–Crippen MR) is 119 cm³/mol. The predicted octanol–water partition coefficient (Wildman–Crippen LogP) is 4.63. The molecule has 1 amide bonds. The van der Waals surface area contributed by atoms with E-state index in [0.29, 0.717) is 5.91 Å². The molecule has 5 nitrogen and oxygen atoms in total. The normalized spacial score (nSPS) is 14.5. The van der Waals surface area contributed by atoms with Crippen LogP contribution < -0.4 is 4.90 Å². The van der Waals surface area contributed by atoms with Gasteiger partial charge in [-0.1, -0.05) is 38.8 Å². The molecule has 1 aromatic carbocycles. The Kier molecular flexibility index (Phi) is 7.24. The molecule has 0 saturated carbocycles. The maximum Gasteiger partial charge on any atom is 0.225 e. The minimum atomic E-state index is 0.189. The van der Waals surface area contributed by atoms with E-state index in [1.54, 1.807) is 0 Å². The monoisotopic (exact) mass is 394 g/mol. The van der Waals surface area contributed by atoms with Crippen LogP contribution in [0, 0.1) is 19.8 Å². The zero-order valence-corrected chi connectivity index (χ0v) is 18.3. The van der Waals surface area contributed by atoms with Gasteiger partial charge in [-0.25, -0.2) is 0 Å². The van der Waals surface area contributed by atoms with Crippen LogP contribution >= 0.6 is 0 Å². The molecule has 2 aromatic rings. The van der Waals surface area contributed by atoms with Gasteiger partial charge in [-0.3, -0.25) is 4.79 Å². The summed E-state index contributed by atoms with van der Waals surface area (Å²) in [5.41, 5.74) is 4.54. The van der Waals surface area contributed by atoms with Gasteiger partial charge in [-0.05, 0) is 56.0 Å². The topological polar surface area (TPSA) is 49.3 Å². The maximum absolute atomic E-state index is 12.9. The van der Waals surface area contributed by atoms with E-state index >= 15 is 0 Å². The van der Waals surface area contributed by atoms with Crippen molar-refractivity contribution in [3.63, 3.8) is 0 Å². The van der Waals surface area contributed by atoms with Crippen molar-refractivity contribution in [2.24, 2.45) is 5.92 Å². The molecule has 0 unspecified atom stereocenters. The molecule has 1 saturated heterocycles. The van der Waals surface area contributed by atoms with Crippen LogP contribution in [0.1, 0.15) is 50.7 Å². The zero-order chi connectivity index (χ0) is 20.8. The molecule has 29 heavy (non-hydrogen) atoms. The van der Waals surface area contributed by atoms with Crippen molar-refractivity contribution < 1.29 is 4.79 Å². The molecule has 0 bridgehead atoms. The second-order valence-corrected chi connectivity index (χ2v) is 8.16. The van der Waals surface area contributed by atoms with Gasteiger partial charge < -0.3 is 9.80 Å². The fourth-order valence-electron chi connectivity index (χ4n) is 4.05. The molecule has 0 spiro atoms. The van der Waals surface area contributed by atoms with Crippen molar-refractivity contribution in [1.82, 2.24) is 15.1 Å². The Balaban J connectivity index is 1.60. The Morgan fingerprint density at radius 2 is 1.62 bits per heavy atom. The van der Waals surface area contributed by atoms with Crippen LogP contribution in [0.15, 0.2) is 30.3 Å². The number of amides is 1. The van der Waals surface area contributed by atoms with Crippen molar-refractivity contribution in [1.29, 1.82) is 0 Å². The van der Waals surface area contributed by atoms with Crippen molar-refractivity contribution in [2.75, 3.05) is 31.1 Å². The molecule has 5 heteroatoms. The zero-order valence-electron chi connectivity index (χ0n) is 18.3. The van der Waals surface area contributed by atoms with Gasteiger partial charge in [-0.2, -0.15) is 0 Å². The van der Waals surface area contributed by atoms with Crippen LogP contribution in [0.5, 0.6) is 0 Å². The molecule has 3 rings (SSSR count). The molecule has 1 fully saturated rings. The summed E-state index contributed by atoms with van der Waals surface area (Å²) in [4.78, 5) is 17.1. The van der Waals surface area contributed by atoms with Crippen LogP contribution in [-0.2, 0) is 4.79 Å². The van der Waals surface area contributed by atoms with Crippen LogP contribution in [0.3, 0.4) is 0 Å². The lowest BCUT2D eigenvalue weighted by Crippen LogP contribution is -2.50. The molecule has 2 heterocycles. The van der Waals surface area contributed by atoms with E-state index in [2.05, 4.69) is 61.0 Å². The Morgan fingerprint density at radius 1 is 0.931 bits per heavy atom. The summed E-state index contributed by atoms with van der Waals surface area (Å²) in [5.74, 6) is 1.42. The number of aryl methyl sites for hydroxylation is 2. The number of hydrogen-bond acceptors (Lipinski definition) is 4. The highest BCUT2D eigenvalue weighted by Crippen LogP contribution is 2.23. The molecule has 1 aromatic heterocycles. The van der Waals surface area contributed by atoms with E-state index in [0.717, 1.165) is 68.9 Å². The summed E-state index contributed by atoms with van der Waals surface area (Å²) in [6.45, 7) is 11.7. The Labute approximate surface area is 175 Å². The molecular formula is C24H34N4O. The summed E-state index contributed by atoms with van der Waals surface area (Å²) in [7, 11) is 0. The molecule has 1 aliphatic heterocycles. The second kappa shape index (κ2) is 9.86. The molecular weight excluding hydrogens is 360 g/mol. The summed E-state index contributed by atoms with van der Waals surface area (Å²) in [6.07, 6.45) is 4.13. The third-order valence-electron chi connectivity index (χ3n) is 5.99. The summed E-state index contributed by atoms with van der Waals surface area (Å²) >= 11 is 0. The van der Waals surface area contributed by atoms with E-state index in [9.17, 15) is 4.79 Å². The summed E-state index contributed by atoms with van der Waals surface area (Å²) < 4.78 is 0. The van der Waals surface area contributed by atoms with Crippen molar-refractivity contribution in [2.45, 2.75) is 53.4 Å². The standard InChI is InChI=1S/C24H34N4O/c1-5-7-20(8-6-2)24(29)28-15-13-27(14-16-28)23-12-11-22(25-26-23)21-10-9-18(3)19(4)17-21/h9-12,17,20H,5-8,13-16H2,1-4H3. The first-order valence-electron chi connectivity index (χ1n) is 11.0. The molecule has 0 N–H and O–H groups in total. The van der Waals surface area contributed by atoms with E-state index in [-0.39, 0.29) is 5.92 Å². The van der Waals surface area contributed by atoms with Crippen LogP contribution in [0.25, 0.3) is 11.3 Å². The van der Waals surface area contributed by atoms with E-state index in [1.807, 2.05) is 17.0 Å². The summed E-state index contributed by atoms with van der Waals surface area (Å²) in [5, 5.41) is 8.92. The van der Waals surface area contributed by atoms with Gasteiger partial charge in [-0.15, -0.1) is 10.2 Å². The number of anilines is 1. The smallest absolute Gasteiger partial charge is 0.225 e. The van der Waals surface area contributed by atoms with E-state index in [1.165, 1.54) is 11.1 Å². The van der Waals surface area contributed by atoms with Crippen LogP contribution in [0.2, 0.25) is 0 Å². The lowest BCUT2D eigenvalue weighted by molar-refractivity contribution is -0.136. The van der Waals surface area contributed by atoms with Crippen molar-refractivity contribution in [3.8, 4) is 11.3 Å². The molecule has 0 atom stereocenters. The number of aromatic nitrogens is 2. The highest BCUT2D eigenvalue weighted by Gasteiger charge is 2.27. The van der Waals surface area contributed by atoms with E-state index < -0.39 is 0 Å². The third-order valence-corrected chi connectivity index (χ3v) is 5.99. The van der Waals surface area contributed by atoms with E-state index in [4.69, 9.17) is 0 Å². The Hall–Kier alpha value is -2.43. The number of carbonyl (C=O) groups is 1. The average molecular weight is 395 g/mol. The molecule has 0 aliphatic carbocycles. The van der Waals surface area contributed by atoms with Gasteiger partial charge in [0.1, 0.15) is 0 Å². The first-order chi connectivity index (χ1) is 14.0. The van der Waals surface area contributed by atoms with Crippen LogP contribution in [-0.4, -0.2) is 47.2 Å². The maximum atomic E-state index is 12.9. The Morgan fingerprint density at radius 3 is 2.17 bits per heavy atom. The number of benzene rings is 1. The largest absolute Gasteiger partial charge is 0.352 e. The first kappa shape index (κ1) is 21.3. The highest BCUT2D eigenvalue weighted by molar-refractivity contribution is 5.79.